The summed E-state index contributed by atoms with van der Waals surface area (Å²) in [7, 11) is 0. The fourth-order valence-electron chi connectivity index (χ4n) is 4.70. The summed E-state index contributed by atoms with van der Waals surface area (Å²) in [5.74, 6) is 0.762. The fourth-order valence-corrected chi connectivity index (χ4v) is 4.70. The van der Waals surface area contributed by atoms with Crippen molar-refractivity contribution in [3.05, 3.63) is 53.7 Å². The van der Waals surface area contributed by atoms with Gasteiger partial charge in [-0.25, -0.2) is 4.98 Å². The molecule has 5 rings (SSSR count). The van der Waals surface area contributed by atoms with E-state index in [1.54, 1.807) is 6.20 Å². The van der Waals surface area contributed by atoms with Crippen molar-refractivity contribution >= 4 is 28.7 Å². The highest BCUT2D eigenvalue weighted by Crippen LogP contribution is 2.38. The van der Waals surface area contributed by atoms with Crippen LogP contribution < -0.4 is 10.2 Å². The van der Waals surface area contributed by atoms with Crippen molar-refractivity contribution in [2.75, 3.05) is 30.0 Å². The van der Waals surface area contributed by atoms with Gasteiger partial charge in [0.2, 0.25) is 0 Å². The van der Waals surface area contributed by atoms with Gasteiger partial charge in [0, 0.05) is 11.8 Å². The summed E-state index contributed by atoms with van der Waals surface area (Å²) >= 11 is 0. The van der Waals surface area contributed by atoms with Gasteiger partial charge in [0.05, 0.1) is 49.9 Å². The lowest BCUT2D eigenvalue weighted by Crippen LogP contribution is -2.44. The lowest BCUT2D eigenvalue weighted by Gasteiger charge is -2.33. The standard InChI is InChI=1S/C26H31N3O4/c1-17(2)33-21-6-8-24(32-16-21)26(30)29-15-20-4-3-11-27-25(20)28-22-7-5-19(14-23(22)29)18-9-12-31-13-10-18/h3-5,7,9,11,14,17,21,24H,6,8,10,12-13,15-16H2,1-2H3,(H,27,28). The Hall–Kier alpha value is -2.74. The molecule has 1 aromatic carbocycles. The minimum absolute atomic E-state index is 0.0177. The SMILES string of the molecule is CC(C)OC1CCC(C(=O)N2Cc3cccnc3Nc3ccc(C4=CCOCC4)cc32)OC1. The summed E-state index contributed by atoms with van der Waals surface area (Å²) in [6, 6.07) is 10.2. The molecule has 0 bridgehead atoms. The molecule has 1 amide bonds. The van der Waals surface area contributed by atoms with Gasteiger partial charge in [-0.3, -0.25) is 4.79 Å². The molecule has 174 valence electrons. The number of ether oxygens (including phenoxy) is 3. The van der Waals surface area contributed by atoms with E-state index < -0.39 is 6.10 Å². The third-order valence-corrected chi connectivity index (χ3v) is 6.34. The normalized spacial score (nSPS) is 22.6. The van der Waals surface area contributed by atoms with E-state index in [0.29, 0.717) is 32.8 Å². The Morgan fingerprint density at radius 1 is 1.27 bits per heavy atom. The number of nitrogens with zero attached hydrogens (tertiary/aromatic N) is 2. The average Bonchev–Trinajstić information content (AvgIpc) is 3.00. The monoisotopic (exact) mass is 449 g/mol. The smallest absolute Gasteiger partial charge is 0.256 e. The van der Waals surface area contributed by atoms with Crippen LogP contribution in [0.25, 0.3) is 5.57 Å². The molecule has 33 heavy (non-hydrogen) atoms. The van der Waals surface area contributed by atoms with Crippen LogP contribution in [0.3, 0.4) is 0 Å². The Bertz CT molecular complexity index is 1040. The van der Waals surface area contributed by atoms with Gasteiger partial charge in [0.1, 0.15) is 11.9 Å². The molecule has 2 aromatic rings. The van der Waals surface area contributed by atoms with Gasteiger partial charge in [0.15, 0.2) is 0 Å². The molecule has 1 saturated heterocycles. The van der Waals surface area contributed by atoms with Crippen LogP contribution in [0.5, 0.6) is 0 Å². The molecule has 2 unspecified atom stereocenters. The summed E-state index contributed by atoms with van der Waals surface area (Å²) in [4.78, 5) is 20.1. The first-order chi connectivity index (χ1) is 16.1. The Labute approximate surface area is 194 Å². The molecule has 7 nitrogen and oxygen atoms in total. The minimum Gasteiger partial charge on any atom is -0.377 e. The molecule has 0 aliphatic carbocycles. The van der Waals surface area contributed by atoms with Crippen molar-refractivity contribution in [1.82, 2.24) is 4.98 Å². The van der Waals surface area contributed by atoms with Crippen molar-refractivity contribution in [2.45, 2.75) is 58.0 Å². The molecule has 1 fully saturated rings. The van der Waals surface area contributed by atoms with Crippen molar-refractivity contribution < 1.29 is 19.0 Å². The van der Waals surface area contributed by atoms with Gasteiger partial charge < -0.3 is 24.4 Å². The second kappa shape index (κ2) is 9.63. The quantitative estimate of drug-likeness (QED) is 0.744. The van der Waals surface area contributed by atoms with Crippen LogP contribution in [0, 0.1) is 0 Å². The number of benzene rings is 1. The molecule has 3 aliphatic rings. The maximum absolute atomic E-state index is 13.8. The molecule has 0 spiro atoms. The van der Waals surface area contributed by atoms with E-state index in [0.717, 1.165) is 41.2 Å². The number of amides is 1. The Kier molecular flexibility index (Phi) is 6.44. The van der Waals surface area contributed by atoms with E-state index in [9.17, 15) is 4.79 Å². The molecule has 1 N–H and O–H groups in total. The first-order valence-corrected chi connectivity index (χ1v) is 11.8. The van der Waals surface area contributed by atoms with E-state index in [4.69, 9.17) is 14.2 Å². The second-order valence-electron chi connectivity index (χ2n) is 9.05. The lowest BCUT2D eigenvalue weighted by atomic mass is 9.99. The first kappa shape index (κ1) is 22.1. The van der Waals surface area contributed by atoms with Crippen molar-refractivity contribution in [1.29, 1.82) is 0 Å². The molecule has 0 radical (unpaired) electrons. The zero-order valence-electron chi connectivity index (χ0n) is 19.3. The van der Waals surface area contributed by atoms with E-state index in [1.807, 2.05) is 36.9 Å². The van der Waals surface area contributed by atoms with Gasteiger partial charge in [0.25, 0.3) is 5.91 Å². The van der Waals surface area contributed by atoms with Crippen molar-refractivity contribution in [3.8, 4) is 0 Å². The average molecular weight is 450 g/mol. The van der Waals surface area contributed by atoms with Gasteiger partial charge in [-0.05, 0) is 62.4 Å². The fraction of sp³-hybridized carbons (Fsp3) is 0.462. The van der Waals surface area contributed by atoms with Crippen LogP contribution in [0.1, 0.15) is 44.2 Å². The van der Waals surface area contributed by atoms with E-state index in [-0.39, 0.29) is 18.1 Å². The summed E-state index contributed by atoms with van der Waals surface area (Å²) in [5.41, 5.74) is 5.07. The Morgan fingerprint density at radius 2 is 2.18 bits per heavy atom. The van der Waals surface area contributed by atoms with Crippen molar-refractivity contribution in [2.24, 2.45) is 0 Å². The van der Waals surface area contributed by atoms with Gasteiger partial charge in [-0.1, -0.05) is 18.2 Å². The zero-order chi connectivity index (χ0) is 22.8. The van der Waals surface area contributed by atoms with Crippen LogP contribution >= 0.6 is 0 Å². The third-order valence-electron chi connectivity index (χ3n) is 6.34. The van der Waals surface area contributed by atoms with Gasteiger partial charge in [-0.2, -0.15) is 0 Å². The number of nitrogens with one attached hydrogen (secondary N) is 1. The van der Waals surface area contributed by atoms with E-state index in [1.165, 1.54) is 5.57 Å². The van der Waals surface area contributed by atoms with Crippen LogP contribution in [-0.2, 0) is 25.5 Å². The number of anilines is 3. The van der Waals surface area contributed by atoms with Crippen LogP contribution in [0.15, 0.2) is 42.6 Å². The number of carbonyl (C=O) groups is 1. The molecular weight excluding hydrogens is 418 g/mol. The number of aromatic nitrogens is 1. The predicted molar refractivity (Wildman–Crippen MR) is 128 cm³/mol. The lowest BCUT2D eigenvalue weighted by molar-refractivity contribution is -0.143. The molecule has 0 saturated carbocycles. The number of rotatable bonds is 4. The summed E-state index contributed by atoms with van der Waals surface area (Å²) in [6.07, 6.45) is 5.94. The topological polar surface area (TPSA) is 72.9 Å². The first-order valence-electron chi connectivity index (χ1n) is 11.8. The zero-order valence-corrected chi connectivity index (χ0v) is 19.3. The van der Waals surface area contributed by atoms with Crippen LogP contribution in [0.2, 0.25) is 0 Å². The summed E-state index contributed by atoms with van der Waals surface area (Å²) < 4.78 is 17.4. The summed E-state index contributed by atoms with van der Waals surface area (Å²) in [6.45, 7) is 6.27. The van der Waals surface area contributed by atoms with Crippen molar-refractivity contribution in [3.63, 3.8) is 0 Å². The number of pyridine rings is 1. The van der Waals surface area contributed by atoms with E-state index in [2.05, 4.69) is 28.5 Å². The minimum atomic E-state index is -0.478. The molecule has 1 aromatic heterocycles. The van der Waals surface area contributed by atoms with Gasteiger partial charge >= 0.3 is 0 Å². The summed E-state index contributed by atoms with van der Waals surface area (Å²) in [5, 5.41) is 3.44. The van der Waals surface area contributed by atoms with Crippen LogP contribution in [0.4, 0.5) is 17.2 Å². The maximum atomic E-state index is 13.8. The maximum Gasteiger partial charge on any atom is 0.256 e. The highest BCUT2D eigenvalue weighted by molar-refractivity contribution is 6.01. The number of fused-ring (bicyclic) bond motifs is 2. The highest BCUT2D eigenvalue weighted by atomic mass is 16.5. The number of hydrogen-bond donors (Lipinski definition) is 1. The predicted octanol–water partition coefficient (Wildman–Crippen LogP) is 4.45. The second-order valence-corrected chi connectivity index (χ2v) is 9.05. The van der Waals surface area contributed by atoms with Gasteiger partial charge in [-0.15, -0.1) is 0 Å². The van der Waals surface area contributed by atoms with Crippen LogP contribution in [-0.4, -0.2) is 49.0 Å². The molecule has 4 heterocycles. The Balaban J connectivity index is 1.45. The van der Waals surface area contributed by atoms with E-state index >= 15 is 0 Å². The largest absolute Gasteiger partial charge is 0.377 e. The Morgan fingerprint density at radius 3 is 2.94 bits per heavy atom. The molecular formula is C26H31N3O4. The third kappa shape index (κ3) is 4.81. The molecule has 7 heteroatoms. The molecule has 3 aliphatic heterocycles. The molecule has 2 atom stereocenters. The number of hydrogen-bond acceptors (Lipinski definition) is 6. The highest BCUT2D eigenvalue weighted by Gasteiger charge is 2.34. The number of carbonyl (C=O) groups excluding carboxylic acids is 1.